The van der Waals surface area contributed by atoms with Gasteiger partial charge in [-0.2, -0.15) is 4.98 Å². The summed E-state index contributed by atoms with van der Waals surface area (Å²) in [5, 5.41) is 3.71. The molecule has 1 aromatic heterocycles. The Morgan fingerprint density at radius 3 is 3.13 bits per heavy atom. The highest BCUT2D eigenvalue weighted by Gasteiger charge is 2.20. The standard InChI is InChI=1S/C10H15ClN2O2/c1-2-8(11)10-12-9(15-13-10)6-7-4-3-5-14-7/h7-8H,2-6H2,1H3. The number of hydrogen-bond acceptors (Lipinski definition) is 4. The normalized spacial score (nSPS) is 23.2. The molecular formula is C10H15ClN2O2. The third-order valence-electron chi connectivity index (χ3n) is 2.55. The van der Waals surface area contributed by atoms with Gasteiger partial charge in [0.1, 0.15) is 0 Å². The number of alkyl halides is 1. The van der Waals surface area contributed by atoms with E-state index in [1.165, 1.54) is 0 Å². The van der Waals surface area contributed by atoms with Crippen LogP contribution in [0.2, 0.25) is 0 Å². The Kier molecular flexibility index (Phi) is 3.59. The maximum absolute atomic E-state index is 6.00. The van der Waals surface area contributed by atoms with E-state index >= 15 is 0 Å². The van der Waals surface area contributed by atoms with Gasteiger partial charge in [-0.25, -0.2) is 0 Å². The number of hydrogen-bond donors (Lipinski definition) is 0. The monoisotopic (exact) mass is 230 g/mol. The number of ether oxygens (including phenoxy) is 1. The summed E-state index contributed by atoms with van der Waals surface area (Å²) in [5.74, 6) is 1.23. The summed E-state index contributed by atoms with van der Waals surface area (Å²) in [6, 6.07) is 0. The fraction of sp³-hybridized carbons (Fsp3) is 0.800. The molecule has 1 aliphatic heterocycles. The molecule has 1 aromatic rings. The summed E-state index contributed by atoms with van der Waals surface area (Å²) in [4.78, 5) is 4.25. The van der Waals surface area contributed by atoms with E-state index in [1.54, 1.807) is 0 Å². The Morgan fingerprint density at radius 1 is 1.60 bits per heavy atom. The maximum Gasteiger partial charge on any atom is 0.229 e. The van der Waals surface area contributed by atoms with Crippen LogP contribution in [0.25, 0.3) is 0 Å². The lowest BCUT2D eigenvalue weighted by molar-refractivity contribution is 0.104. The van der Waals surface area contributed by atoms with Gasteiger partial charge in [0.2, 0.25) is 5.89 Å². The van der Waals surface area contributed by atoms with E-state index in [0.717, 1.165) is 25.9 Å². The van der Waals surface area contributed by atoms with Crippen LogP contribution in [0.3, 0.4) is 0 Å². The second-order valence-corrected chi connectivity index (χ2v) is 4.29. The SMILES string of the molecule is CCC(Cl)c1noc(CC2CCCO2)n1. The summed E-state index contributed by atoms with van der Waals surface area (Å²) in [5.41, 5.74) is 0. The molecule has 4 nitrogen and oxygen atoms in total. The van der Waals surface area contributed by atoms with Crippen LogP contribution < -0.4 is 0 Å². The summed E-state index contributed by atoms with van der Waals surface area (Å²) in [6.07, 6.45) is 3.96. The van der Waals surface area contributed by atoms with Crippen LogP contribution in [0.5, 0.6) is 0 Å². The minimum absolute atomic E-state index is 0.146. The second kappa shape index (κ2) is 4.94. The number of halogens is 1. The fourth-order valence-corrected chi connectivity index (χ4v) is 1.75. The second-order valence-electron chi connectivity index (χ2n) is 3.76. The van der Waals surface area contributed by atoms with E-state index in [0.29, 0.717) is 18.1 Å². The van der Waals surface area contributed by atoms with Crippen molar-refractivity contribution in [2.45, 2.75) is 44.1 Å². The van der Waals surface area contributed by atoms with Gasteiger partial charge in [-0.1, -0.05) is 12.1 Å². The van der Waals surface area contributed by atoms with E-state index in [1.807, 2.05) is 6.92 Å². The molecule has 0 aliphatic carbocycles. The van der Waals surface area contributed by atoms with Crippen LogP contribution in [0.15, 0.2) is 4.52 Å². The molecule has 0 spiro atoms. The smallest absolute Gasteiger partial charge is 0.229 e. The molecule has 0 bridgehead atoms. The fourth-order valence-electron chi connectivity index (χ4n) is 1.66. The molecule has 0 aromatic carbocycles. The molecule has 1 saturated heterocycles. The minimum atomic E-state index is -0.146. The molecule has 2 rings (SSSR count). The third kappa shape index (κ3) is 2.69. The Morgan fingerprint density at radius 2 is 2.47 bits per heavy atom. The Hall–Kier alpha value is -0.610. The molecule has 1 aliphatic rings. The van der Waals surface area contributed by atoms with Gasteiger partial charge in [-0.3, -0.25) is 0 Å². The van der Waals surface area contributed by atoms with Gasteiger partial charge in [0, 0.05) is 6.61 Å². The maximum atomic E-state index is 6.00. The van der Waals surface area contributed by atoms with Gasteiger partial charge in [0.05, 0.1) is 17.9 Å². The van der Waals surface area contributed by atoms with Crippen molar-refractivity contribution in [3.8, 4) is 0 Å². The van der Waals surface area contributed by atoms with Crippen LogP contribution in [-0.4, -0.2) is 22.9 Å². The minimum Gasteiger partial charge on any atom is -0.378 e. The van der Waals surface area contributed by atoms with Gasteiger partial charge >= 0.3 is 0 Å². The summed E-state index contributed by atoms with van der Waals surface area (Å²) in [6.45, 7) is 2.84. The highest BCUT2D eigenvalue weighted by molar-refractivity contribution is 6.20. The van der Waals surface area contributed by atoms with Crippen LogP contribution >= 0.6 is 11.6 Å². The van der Waals surface area contributed by atoms with Gasteiger partial charge in [-0.15, -0.1) is 11.6 Å². The van der Waals surface area contributed by atoms with Crippen molar-refractivity contribution in [1.29, 1.82) is 0 Å². The first-order valence-electron chi connectivity index (χ1n) is 5.37. The van der Waals surface area contributed by atoms with Crippen molar-refractivity contribution in [2.24, 2.45) is 0 Å². The number of aromatic nitrogens is 2. The molecule has 2 atom stereocenters. The van der Waals surface area contributed by atoms with Crippen molar-refractivity contribution in [3.05, 3.63) is 11.7 Å². The lowest BCUT2D eigenvalue weighted by Crippen LogP contribution is -2.09. The Balaban J connectivity index is 1.94. The lowest BCUT2D eigenvalue weighted by Gasteiger charge is -2.03. The van der Waals surface area contributed by atoms with Crippen LogP contribution in [0.1, 0.15) is 43.3 Å². The average Bonchev–Trinajstić information content (AvgIpc) is 2.88. The predicted molar refractivity (Wildman–Crippen MR) is 55.9 cm³/mol. The third-order valence-corrected chi connectivity index (χ3v) is 3.05. The van der Waals surface area contributed by atoms with Crippen molar-refractivity contribution < 1.29 is 9.26 Å². The molecule has 2 heterocycles. The molecule has 2 unspecified atom stereocenters. The van der Waals surface area contributed by atoms with Crippen LogP contribution in [-0.2, 0) is 11.2 Å². The molecule has 0 saturated carbocycles. The molecule has 15 heavy (non-hydrogen) atoms. The van der Waals surface area contributed by atoms with Crippen molar-refractivity contribution >= 4 is 11.6 Å². The van der Waals surface area contributed by atoms with E-state index in [4.69, 9.17) is 20.9 Å². The molecule has 1 fully saturated rings. The van der Waals surface area contributed by atoms with Gasteiger partial charge in [-0.05, 0) is 19.3 Å². The zero-order valence-corrected chi connectivity index (χ0v) is 9.54. The first-order chi connectivity index (χ1) is 7.29. The topological polar surface area (TPSA) is 48.2 Å². The molecule has 0 radical (unpaired) electrons. The predicted octanol–water partition coefficient (Wildman–Crippen LogP) is 2.48. The largest absolute Gasteiger partial charge is 0.378 e. The molecule has 0 N–H and O–H groups in total. The molecule has 0 amide bonds. The van der Waals surface area contributed by atoms with Gasteiger partial charge in [0.15, 0.2) is 5.82 Å². The Bertz CT molecular complexity index is 310. The van der Waals surface area contributed by atoms with E-state index in [2.05, 4.69) is 10.1 Å². The number of nitrogens with zero attached hydrogens (tertiary/aromatic N) is 2. The first-order valence-corrected chi connectivity index (χ1v) is 5.81. The van der Waals surface area contributed by atoms with Crippen molar-refractivity contribution in [1.82, 2.24) is 10.1 Å². The zero-order chi connectivity index (χ0) is 10.7. The Labute approximate surface area is 93.9 Å². The molecular weight excluding hydrogens is 216 g/mol. The van der Waals surface area contributed by atoms with E-state index < -0.39 is 0 Å². The molecule has 5 heteroatoms. The van der Waals surface area contributed by atoms with Gasteiger partial charge < -0.3 is 9.26 Å². The lowest BCUT2D eigenvalue weighted by atomic mass is 10.2. The molecule has 84 valence electrons. The summed E-state index contributed by atoms with van der Waals surface area (Å²) in [7, 11) is 0. The van der Waals surface area contributed by atoms with E-state index in [9.17, 15) is 0 Å². The van der Waals surface area contributed by atoms with Crippen molar-refractivity contribution in [3.63, 3.8) is 0 Å². The van der Waals surface area contributed by atoms with Crippen LogP contribution in [0, 0.1) is 0 Å². The quantitative estimate of drug-likeness (QED) is 0.746. The van der Waals surface area contributed by atoms with Crippen molar-refractivity contribution in [2.75, 3.05) is 6.61 Å². The summed E-state index contributed by atoms with van der Waals surface area (Å²) < 4.78 is 10.6. The zero-order valence-electron chi connectivity index (χ0n) is 8.78. The highest BCUT2D eigenvalue weighted by Crippen LogP contribution is 2.22. The van der Waals surface area contributed by atoms with E-state index in [-0.39, 0.29) is 11.5 Å². The van der Waals surface area contributed by atoms with Gasteiger partial charge in [0.25, 0.3) is 0 Å². The first kappa shape index (κ1) is 10.9. The average molecular weight is 231 g/mol. The number of rotatable bonds is 4. The highest BCUT2D eigenvalue weighted by atomic mass is 35.5. The summed E-state index contributed by atoms with van der Waals surface area (Å²) >= 11 is 6.00. The van der Waals surface area contributed by atoms with Crippen LogP contribution in [0.4, 0.5) is 0 Å².